The zero-order valence-corrected chi connectivity index (χ0v) is 18.7. The number of hydrogen-bond donors (Lipinski definition) is 0. The topological polar surface area (TPSA) is 27.7 Å². The van der Waals surface area contributed by atoms with Crippen LogP contribution in [-0.2, 0) is 15.9 Å². The van der Waals surface area contributed by atoms with Gasteiger partial charge < -0.3 is 14.2 Å². The summed E-state index contributed by atoms with van der Waals surface area (Å²) >= 11 is 0. The Labute approximate surface area is 184 Å². The van der Waals surface area contributed by atoms with E-state index >= 15 is 0 Å². The number of benzene rings is 2. The van der Waals surface area contributed by atoms with E-state index in [1.165, 1.54) is 37.0 Å². The summed E-state index contributed by atoms with van der Waals surface area (Å²) in [4.78, 5) is 0. The van der Waals surface area contributed by atoms with Gasteiger partial charge in [0.1, 0.15) is 0 Å². The highest BCUT2D eigenvalue weighted by molar-refractivity contribution is 5.32. The third-order valence-corrected chi connectivity index (χ3v) is 5.75. The average molecular weight is 433 g/mol. The summed E-state index contributed by atoms with van der Waals surface area (Å²) in [5, 5.41) is 0. The standard InChI is InChI=1S/C26H34F2O3/c1-3-5-7-9-19-10-12-20(13-11-19)21-17-30-26(31-18-21)22-14-15-23(25(28)24(22)27)29-16-8-6-4-2/h10-15,21,26H,3-9,16-18H2,1-2H3. The first-order valence-corrected chi connectivity index (χ1v) is 11.6. The lowest BCUT2D eigenvalue weighted by Crippen LogP contribution is -2.26. The molecule has 1 fully saturated rings. The van der Waals surface area contributed by atoms with E-state index in [0.29, 0.717) is 19.8 Å². The molecule has 0 N–H and O–H groups in total. The molecule has 0 radical (unpaired) electrons. The Morgan fingerprint density at radius 3 is 2.19 bits per heavy atom. The zero-order chi connectivity index (χ0) is 22.1. The minimum Gasteiger partial charge on any atom is -0.490 e. The Morgan fingerprint density at radius 1 is 0.839 bits per heavy atom. The Kier molecular flexibility index (Phi) is 9.29. The molecular formula is C26H34F2O3. The molecule has 1 heterocycles. The van der Waals surface area contributed by atoms with Gasteiger partial charge in [0.25, 0.3) is 0 Å². The van der Waals surface area contributed by atoms with E-state index in [0.717, 1.165) is 31.2 Å². The molecule has 3 nitrogen and oxygen atoms in total. The molecule has 0 unspecified atom stereocenters. The van der Waals surface area contributed by atoms with Crippen molar-refractivity contribution in [2.24, 2.45) is 0 Å². The molecule has 0 aliphatic carbocycles. The number of aryl methyl sites for hydroxylation is 1. The Bertz CT molecular complexity index is 799. The minimum atomic E-state index is -0.984. The van der Waals surface area contributed by atoms with Crippen molar-refractivity contribution in [2.75, 3.05) is 19.8 Å². The summed E-state index contributed by atoms with van der Waals surface area (Å²) in [7, 11) is 0. The third-order valence-electron chi connectivity index (χ3n) is 5.75. The molecule has 2 aromatic carbocycles. The summed E-state index contributed by atoms with van der Waals surface area (Å²) in [5.41, 5.74) is 2.55. The van der Waals surface area contributed by atoms with Gasteiger partial charge in [-0.05, 0) is 42.5 Å². The highest BCUT2D eigenvalue weighted by Gasteiger charge is 2.28. The first kappa shape index (κ1) is 23.7. The van der Waals surface area contributed by atoms with E-state index in [1.807, 2.05) is 0 Å². The van der Waals surface area contributed by atoms with Gasteiger partial charge in [0.2, 0.25) is 5.82 Å². The molecule has 5 heteroatoms. The summed E-state index contributed by atoms with van der Waals surface area (Å²) in [6, 6.07) is 11.5. The van der Waals surface area contributed by atoms with Crippen LogP contribution in [-0.4, -0.2) is 19.8 Å². The lowest BCUT2D eigenvalue weighted by Gasteiger charge is -2.30. The molecule has 0 aromatic heterocycles. The molecule has 1 aliphatic heterocycles. The Morgan fingerprint density at radius 2 is 1.52 bits per heavy atom. The molecule has 2 aromatic rings. The number of halogens is 2. The molecule has 0 amide bonds. The van der Waals surface area contributed by atoms with Crippen LogP contribution >= 0.6 is 0 Å². The van der Waals surface area contributed by atoms with Crippen LogP contribution in [0.2, 0.25) is 0 Å². The fraction of sp³-hybridized carbons (Fsp3) is 0.538. The van der Waals surface area contributed by atoms with Gasteiger partial charge >= 0.3 is 0 Å². The van der Waals surface area contributed by atoms with Gasteiger partial charge in [-0.15, -0.1) is 0 Å². The van der Waals surface area contributed by atoms with Crippen LogP contribution in [0.4, 0.5) is 8.78 Å². The van der Waals surface area contributed by atoms with Crippen LogP contribution in [0.15, 0.2) is 36.4 Å². The van der Waals surface area contributed by atoms with E-state index in [-0.39, 0.29) is 17.2 Å². The maximum Gasteiger partial charge on any atom is 0.201 e. The van der Waals surface area contributed by atoms with Gasteiger partial charge in [-0.25, -0.2) is 4.39 Å². The maximum atomic E-state index is 14.6. The van der Waals surface area contributed by atoms with E-state index < -0.39 is 17.9 Å². The molecule has 0 atom stereocenters. The summed E-state index contributed by atoms with van der Waals surface area (Å²) in [6.45, 7) is 5.45. The first-order chi connectivity index (χ1) is 15.1. The summed E-state index contributed by atoms with van der Waals surface area (Å²) < 4.78 is 45.9. The van der Waals surface area contributed by atoms with Crippen molar-refractivity contribution in [3.63, 3.8) is 0 Å². The van der Waals surface area contributed by atoms with Gasteiger partial charge in [-0.2, -0.15) is 4.39 Å². The Hall–Kier alpha value is -1.98. The number of rotatable bonds is 11. The normalized spacial score (nSPS) is 18.8. The summed E-state index contributed by atoms with van der Waals surface area (Å²) in [5.74, 6) is -1.94. The van der Waals surface area contributed by atoms with Crippen molar-refractivity contribution < 1.29 is 23.0 Å². The molecule has 31 heavy (non-hydrogen) atoms. The fourth-order valence-corrected chi connectivity index (χ4v) is 3.79. The second-order valence-electron chi connectivity index (χ2n) is 8.23. The molecular weight excluding hydrogens is 398 g/mol. The maximum absolute atomic E-state index is 14.6. The van der Waals surface area contributed by atoms with Gasteiger partial charge in [-0.3, -0.25) is 0 Å². The molecule has 1 aliphatic rings. The van der Waals surface area contributed by atoms with Crippen molar-refractivity contribution in [3.05, 3.63) is 64.7 Å². The lowest BCUT2D eigenvalue weighted by molar-refractivity contribution is -0.193. The van der Waals surface area contributed by atoms with E-state index in [9.17, 15) is 8.78 Å². The molecule has 170 valence electrons. The van der Waals surface area contributed by atoms with E-state index in [2.05, 4.69) is 38.1 Å². The van der Waals surface area contributed by atoms with E-state index in [1.54, 1.807) is 0 Å². The van der Waals surface area contributed by atoms with Crippen molar-refractivity contribution in [1.82, 2.24) is 0 Å². The summed E-state index contributed by atoms with van der Waals surface area (Å²) in [6.07, 6.45) is 6.71. The molecule has 3 rings (SSSR count). The number of unbranched alkanes of at least 4 members (excludes halogenated alkanes) is 4. The van der Waals surface area contributed by atoms with Gasteiger partial charge in [0.15, 0.2) is 17.9 Å². The molecule has 1 saturated heterocycles. The third kappa shape index (κ3) is 6.50. The predicted molar refractivity (Wildman–Crippen MR) is 118 cm³/mol. The van der Waals surface area contributed by atoms with Crippen molar-refractivity contribution >= 4 is 0 Å². The monoisotopic (exact) mass is 432 g/mol. The van der Waals surface area contributed by atoms with Crippen molar-refractivity contribution in [1.29, 1.82) is 0 Å². The lowest BCUT2D eigenvalue weighted by atomic mass is 9.97. The number of hydrogen-bond acceptors (Lipinski definition) is 3. The molecule has 0 bridgehead atoms. The first-order valence-electron chi connectivity index (χ1n) is 11.6. The van der Waals surface area contributed by atoms with Crippen LogP contribution in [0.1, 0.15) is 81.3 Å². The second-order valence-corrected chi connectivity index (χ2v) is 8.23. The largest absolute Gasteiger partial charge is 0.490 e. The quantitative estimate of drug-likeness (QED) is 0.355. The fourth-order valence-electron chi connectivity index (χ4n) is 3.79. The minimum absolute atomic E-state index is 0.0648. The molecule has 0 spiro atoms. The van der Waals surface area contributed by atoms with Gasteiger partial charge in [0, 0.05) is 11.5 Å². The van der Waals surface area contributed by atoms with Crippen LogP contribution in [0.25, 0.3) is 0 Å². The van der Waals surface area contributed by atoms with Gasteiger partial charge in [-0.1, -0.05) is 63.8 Å². The zero-order valence-electron chi connectivity index (χ0n) is 18.7. The second kappa shape index (κ2) is 12.2. The van der Waals surface area contributed by atoms with Gasteiger partial charge in [0.05, 0.1) is 19.8 Å². The highest BCUT2D eigenvalue weighted by atomic mass is 19.2. The average Bonchev–Trinajstić information content (AvgIpc) is 2.80. The highest BCUT2D eigenvalue weighted by Crippen LogP contribution is 2.34. The van der Waals surface area contributed by atoms with Crippen LogP contribution in [0.3, 0.4) is 0 Å². The Balaban J connectivity index is 1.55. The SMILES string of the molecule is CCCCCOc1ccc(C2OCC(c3ccc(CCCCC)cc3)CO2)c(F)c1F. The van der Waals surface area contributed by atoms with Crippen LogP contribution < -0.4 is 4.74 Å². The molecule has 0 saturated carbocycles. The van der Waals surface area contributed by atoms with Crippen LogP contribution in [0, 0.1) is 11.6 Å². The van der Waals surface area contributed by atoms with Crippen molar-refractivity contribution in [2.45, 2.75) is 71.0 Å². The van der Waals surface area contributed by atoms with Crippen LogP contribution in [0.5, 0.6) is 5.75 Å². The smallest absolute Gasteiger partial charge is 0.201 e. The predicted octanol–water partition coefficient (Wildman–Crippen LogP) is 7.10. The van der Waals surface area contributed by atoms with E-state index in [4.69, 9.17) is 14.2 Å². The number of ether oxygens (including phenoxy) is 3. The van der Waals surface area contributed by atoms with Crippen molar-refractivity contribution in [3.8, 4) is 5.75 Å².